The summed E-state index contributed by atoms with van der Waals surface area (Å²) in [6, 6.07) is 0. The summed E-state index contributed by atoms with van der Waals surface area (Å²) in [7, 11) is 0. The second-order valence-corrected chi connectivity index (χ2v) is 5.41. The van der Waals surface area contributed by atoms with Crippen LogP contribution in [-0.4, -0.2) is 40.8 Å². The van der Waals surface area contributed by atoms with Crippen molar-refractivity contribution in [3.8, 4) is 0 Å². The Morgan fingerprint density at radius 2 is 2.14 bits per heavy atom. The van der Waals surface area contributed by atoms with Gasteiger partial charge >= 0.3 is 0 Å². The first-order chi connectivity index (χ1) is 6.75. The molecule has 0 spiro atoms. The lowest BCUT2D eigenvalue weighted by atomic mass is 10.3. The number of carbonyl (C=O) groups is 1. The molecule has 1 fully saturated rings. The highest BCUT2D eigenvalue weighted by atomic mass is 35.5. The van der Waals surface area contributed by atoms with Gasteiger partial charge in [-0.25, -0.2) is 0 Å². The Morgan fingerprint density at radius 3 is 2.71 bits per heavy atom. The first-order valence-electron chi connectivity index (χ1n) is 5.26. The van der Waals surface area contributed by atoms with Crippen molar-refractivity contribution in [1.29, 1.82) is 0 Å². The molecule has 0 saturated carbocycles. The summed E-state index contributed by atoms with van der Waals surface area (Å²) < 4.78 is 0. The zero-order chi connectivity index (χ0) is 10.4. The van der Waals surface area contributed by atoms with Gasteiger partial charge in [-0.3, -0.25) is 4.79 Å². The van der Waals surface area contributed by atoms with E-state index in [9.17, 15) is 4.79 Å². The molecule has 1 heterocycles. The lowest BCUT2D eigenvalue weighted by Crippen LogP contribution is -2.34. The highest BCUT2D eigenvalue weighted by Gasteiger charge is 2.24. The van der Waals surface area contributed by atoms with Crippen LogP contribution in [0.2, 0.25) is 0 Å². The first-order valence-corrected chi connectivity index (χ1v) is 6.85. The molecule has 1 atom stereocenters. The molecule has 1 aliphatic heterocycles. The van der Waals surface area contributed by atoms with Gasteiger partial charge in [-0.05, 0) is 30.8 Å². The van der Waals surface area contributed by atoms with Crippen molar-refractivity contribution in [3.63, 3.8) is 0 Å². The molecule has 0 aromatic carbocycles. The molecule has 0 bridgehead atoms. The molecular formula is C10H18ClNOS. The van der Waals surface area contributed by atoms with E-state index in [0.29, 0.717) is 0 Å². The van der Waals surface area contributed by atoms with Gasteiger partial charge in [0.05, 0.1) is 0 Å². The maximum absolute atomic E-state index is 11.7. The molecular weight excluding hydrogens is 218 g/mol. The molecule has 82 valence electrons. The molecule has 1 aliphatic rings. The van der Waals surface area contributed by atoms with Gasteiger partial charge in [0.1, 0.15) is 5.38 Å². The van der Waals surface area contributed by atoms with Crippen molar-refractivity contribution < 1.29 is 4.79 Å². The van der Waals surface area contributed by atoms with Gasteiger partial charge in [0.25, 0.3) is 0 Å². The van der Waals surface area contributed by atoms with E-state index in [1.54, 1.807) is 0 Å². The van der Waals surface area contributed by atoms with Gasteiger partial charge < -0.3 is 4.90 Å². The lowest BCUT2D eigenvalue weighted by Gasteiger charge is -2.18. The molecule has 1 rings (SSSR count). The summed E-state index contributed by atoms with van der Waals surface area (Å²) in [6.45, 7) is 3.93. The third-order valence-electron chi connectivity index (χ3n) is 2.41. The predicted molar refractivity (Wildman–Crippen MR) is 63.1 cm³/mol. The Balaban J connectivity index is 2.21. The van der Waals surface area contributed by atoms with Gasteiger partial charge in [-0.2, -0.15) is 11.8 Å². The number of amides is 1. The summed E-state index contributed by atoms with van der Waals surface area (Å²) in [5.74, 6) is 2.23. The van der Waals surface area contributed by atoms with Crippen LogP contribution in [0.4, 0.5) is 0 Å². The van der Waals surface area contributed by atoms with Crippen LogP contribution in [0.15, 0.2) is 0 Å². The van der Waals surface area contributed by atoms with Crippen LogP contribution < -0.4 is 0 Å². The van der Waals surface area contributed by atoms with E-state index < -0.39 is 0 Å². The Hall–Kier alpha value is 0.110. The van der Waals surface area contributed by atoms with E-state index in [0.717, 1.165) is 43.9 Å². The summed E-state index contributed by atoms with van der Waals surface area (Å²) in [6.07, 6.45) is 3.08. The van der Waals surface area contributed by atoms with Crippen molar-refractivity contribution in [2.45, 2.75) is 31.6 Å². The largest absolute Gasteiger partial charge is 0.341 e. The monoisotopic (exact) mass is 235 g/mol. The molecule has 0 aromatic heterocycles. The topological polar surface area (TPSA) is 20.3 Å². The van der Waals surface area contributed by atoms with Crippen LogP contribution in [-0.2, 0) is 4.79 Å². The molecule has 4 heteroatoms. The standard InChI is InChI=1S/C10H18ClNOS/c1-2-14-8-5-9(11)10(13)12-6-3-4-7-12/h9H,2-8H2,1H3. The minimum atomic E-state index is -0.299. The van der Waals surface area contributed by atoms with Gasteiger partial charge in [-0.15, -0.1) is 11.6 Å². The lowest BCUT2D eigenvalue weighted by molar-refractivity contribution is -0.129. The second kappa shape index (κ2) is 6.57. The third kappa shape index (κ3) is 3.70. The van der Waals surface area contributed by atoms with Gasteiger partial charge in [0, 0.05) is 13.1 Å². The van der Waals surface area contributed by atoms with Crippen molar-refractivity contribution in [3.05, 3.63) is 0 Å². The molecule has 0 aromatic rings. The van der Waals surface area contributed by atoms with E-state index in [-0.39, 0.29) is 11.3 Å². The number of likely N-dealkylation sites (tertiary alicyclic amines) is 1. The summed E-state index contributed by atoms with van der Waals surface area (Å²) in [4.78, 5) is 13.6. The van der Waals surface area contributed by atoms with E-state index >= 15 is 0 Å². The maximum Gasteiger partial charge on any atom is 0.240 e. The predicted octanol–water partition coefficient (Wildman–Crippen LogP) is 2.36. The Kier molecular flexibility index (Phi) is 5.71. The first kappa shape index (κ1) is 12.2. The number of hydrogen-bond donors (Lipinski definition) is 0. The summed E-state index contributed by atoms with van der Waals surface area (Å²) in [5.41, 5.74) is 0. The highest BCUT2D eigenvalue weighted by molar-refractivity contribution is 7.99. The smallest absolute Gasteiger partial charge is 0.240 e. The summed E-state index contributed by atoms with van der Waals surface area (Å²) >= 11 is 7.88. The SMILES string of the molecule is CCSCCC(Cl)C(=O)N1CCCC1. The average molecular weight is 236 g/mol. The highest BCUT2D eigenvalue weighted by Crippen LogP contribution is 2.15. The number of rotatable bonds is 5. The fraction of sp³-hybridized carbons (Fsp3) is 0.900. The van der Waals surface area contributed by atoms with Crippen molar-refractivity contribution in [2.75, 3.05) is 24.6 Å². The molecule has 1 unspecified atom stereocenters. The second-order valence-electron chi connectivity index (χ2n) is 3.49. The van der Waals surface area contributed by atoms with Crippen molar-refractivity contribution in [2.24, 2.45) is 0 Å². The molecule has 14 heavy (non-hydrogen) atoms. The Bertz CT molecular complexity index is 183. The van der Waals surface area contributed by atoms with Crippen LogP contribution in [0.5, 0.6) is 0 Å². The molecule has 1 amide bonds. The Morgan fingerprint density at radius 1 is 1.50 bits per heavy atom. The van der Waals surface area contributed by atoms with Crippen molar-refractivity contribution in [1.82, 2.24) is 4.90 Å². The number of thioether (sulfide) groups is 1. The number of halogens is 1. The van der Waals surface area contributed by atoms with Crippen LogP contribution in [0.25, 0.3) is 0 Å². The van der Waals surface area contributed by atoms with Crippen LogP contribution in [0.1, 0.15) is 26.2 Å². The van der Waals surface area contributed by atoms with E-state index in [1.807, 2.05) is 16.7 Å². The molecule has 0 aliphatic carbocycles. The molecule has 0 N–H and O–H groups in total. The van der Waals surface area contributed by atoms with E-state index in [2.05, 4.69) is 6.92 Å². The van der Waals surface area contributed by atoms with Crippen molar-refractivity contribution >= 4 is 29.3 Å². The minimum absolute atomic E-state index is 0.140. The minimum Gasteiger partial charge on any atom is -0.341 e. The number of alkyl halides is 1. The fourth-order valence-corrected chi connectivity index (χ4v) is 2.66. The zero-order valence-corrected chi connectivity index (χ0v) is 10.2. The number of nitrogens with zero attached hydrogens (tertiary/aromatic N) is 1. The number of carbonyl (C=O) groups excluding carboxylic acids is 1. The number of hydrogen-bond acceptors (Lipinski definition) is 2. The molecule has 0 radical (unpaired) electrons. The Labute approximate surface area is 95.4 Å². The van der Waals surface area contributed by atoms with Gasteiger partial charge in [0.2, 0.25) is 5.91 Å². The fourth-order valence-electron chi connectivity index (χ4n) is 1.59. The average Bonchev–Trinajstić information content (AvgIpc) is 2.69. The van der Waals surface area contributed by atoms with Crippen LogP contribution in [0.3, 0.4) is 0 Å². The van der Waals surface area contributed by atoms with E-state index in [4.69, 9.17) is 11.6 Å². The van der Waals surface area contributed by atoms with E-state index in [1.165, 1.54) is 0 Å². The molecule has 1 saturated heterocycles. The third-order valence-corrected chi connectivity index (χ3v) is 3.74. The van der Waals surface area contributed by atoms with Crippen LogP contribution >= 0.6 is 23.4 Å². The van der Waals surface area contributed by atoms with Gasteiger partial charge in [-0.1, -0.05) is 6.92 Å². The zero-order valence-electron chi connectivity index (χ0n) is 8.67. The quantitative estimate of drug-likeness (QED) is 0.539. The normalized spacial score (nSPS) is 18.6. The maximum atomic E-state index is 11.7. The summed E-state index contributed by atoms with van der Waals surface area (Å²) in [5, 5.41) is -0.299. The van der Waals surface area contributed by atoms with Crippen LogP contribution in [0, 0.1) is 0 Å². The molecule has 2 nitrogen and oxygen atoms in total. The van der Waals surface area contributed by atoms with Gasteiger partial charge in [0.15, 0.2) is 0 Å².